The lowest BCUT2D eigenvalue weighted by Gasteiger charge is -2.18. The van der Waals surface area contributed by atoms with Crippen molar-refractivity contribution in [3.8, 4) is 11.3 Å². The first-order valence-corrected chi connectivity index (χ1v) is 11.2. The van der Waals surface area contributed by atoms with Crippen LogP contribution in [0.2, 0.25) is 0 Å². The molecule has 5 N–H and O–H groups in total. The number of nitrogens with two attached hydrogens (primary N) is 1. The van der Waals surface area contributed by atoms with Crippen molar-refractivity contribution in [2.45, 2.75) is 12.5 Å². The van der Waals surface area contributed by atoms with Gasteiger partial charge in [0.05, 0.1) is 0 Å². The quantitative estimate of drug-likeness (QED) is 0.313. The second-order valence-corrected chi connectivity index (χ2v) is 8.03. The molecule has 0 fully saturated rings. The highest BCUT2D eigenvalue weighted by atomic mass is 16.2. The number of para-hydroxylation sites is 1. The Morgan fingerprint density at radius 3 is 2.31 bits per heavy atom. The normalized spacial score (nSPS) is 11.5. The van der Waals surface area contributed by atoms with E-state index in [1.54, 1.807) is 43.7 Å². The summed E-state index contributed by atoms with van der Waals surface area (Å²) in [7, 11) is 1.59. The number of rotatable bonds is 8. The molecule has 4 aromatic rings. The first-order chi connectivity index (χ1) is 17.0. The fraction of sp³-hybridized carbons (Fsp3) is 0.154. The van der Waals surface area contributed by atoms with Crippen LogP contribution in [0.5, 0.6) is 0 Å². The van der Waals surface area contributed by atoms with Gasteiger partial charge in [-0.05, 0) is 36.2 Å². The summed E-state index contributed by atoms with van der Waals surface area (Å²) in [6, 6.07) is 21.7. The Morgan fingerprint density at radius 2 is 1.63 bits per heavy atom. The molecule has 178 valence electrons. The Balaban J connectivity index is 1.59. The summed E-state index contributed by atoms with van der Waals surface area (Å²) in [5, 5.41) is 8.58. The van der Waals surface area contributed by atoms with Gasteiger partial charge in [0.1, 0.15) is 11.4 Å². The first kappa shape index (κ1) is 23.7. The zero-order chi connectivity index (χ0) is 24.6. The van der Waals surface area contributed by atoms with Crippen LogP contribution < -0.4 is 27.2 Å². The molecule has 2 heterocycles. The van der Waals surface area contributed by atoms with Gasteiger partial charge in [-0.15, -0.1) is 0 Å². The molecule has 1 atom stereocenters. The Hall–Kier alpha value is -4.50. The molecular weight excluding hydrogens is 442 g/mol. The molecule has 0 aliphatic rings. The molecule has 4 rings (SSSR count). The average Bonchev–Trinajstić information content (AvgIpc) is 2.88. The van der Waals surface area contributed by atoms with Crippen LogP contribution in [0.1, 0.15) is 5.56 Å². The van der Waals surface area contributed by atoms with E-state index >= 15 is 0 Å². The third-order valence-electron chi connectivity index (χ3n) is 5.38. The SMILES string of the molecule is Cn1c(NC[C@H](N)Cc2ccccc2)nc(-c2ccncc2)c(NC(=O)Nc2ccccc2)c1=O. The topological polar surface area (TPSA) is 127 Å². The van der Waals surface area contributed by atoms with Crippen LogP contribution in [0, 0.1) is 0 Å². The molecule has 0 saturated carbocycles. The van der Waals surface area contributed by atoms with Gasteiger partial charge in [0.2, 0.25) is 5.95 Å². The minimum atomic E-state index is -0.545. The summed E-state index contributed by atoms with van der Waals surface area (Å²) in [6.07, 6.45) is 3.88. The molecule has 9 heteroatoms. The van der Waals surface area contributed by atoms with E-state index < -0.39 is 11.6 Å². The number of benzene rings is 2. The van der Waals surface area contributed by atoms with E-state index in [2.05, 4.69) is 25.9 Å². The van der Waals surface area contributed by atoms with Gasteiger partial charge in [0.25, 0.3) is 5.56 Å². The van der Waals surface area contributed by atoms with Crippen LogP contribution in [-0.4, -0.2) is 33.2 Å². The highest BCUT2D eigenvalue weighted by Crippen LogP contribution is 2.24. The fourth-order valence-electron chi connectivity index (χ4n) is 3.60. The van der Waals surface area contributed by atoms with E-state index in [0.717, 1.165) is 5.56 Å². The molecule has 0 bridgehead atoms. The Morgan fingerprint density at radius 1 is 0.971 bits per heavy atom. The summed E-state index contributed by atoms with van der Waals surface area (Å²) in [5.74, 6) is 0.347. The molecule has 2 aromatic heterocycles. The lowest BCUT2D eigenvalue weighted by Crippen LogP contribution is -2.34. The monoisotopic (exact) mass is 469 g/mol. The highest BCUT2D eigenvalue weighted by molar-refractivity contribution is 6.01. The summed E-state index contributed by atoms with van der Waals surface area (Å²) in [6.45, 7) is 0.409. The van der Waals surface area contributed by atoms with Crippen LogP contribution in [-0.2, 0) is 13.5 Å². The number of urea groups is 1. The minimum Gasteiger partial charge on any atom is -0.354 e. The average molecular weight is 470 g/mol. The maximum Gasteiger partial charge on any atom is 0.323 e. The van der Waals surface area contributed by atoms with Gasteiger partial charge < -0.3 is 21.7 Å². The summed E-state index contributed by atoms with van der Waals surface area (Å²) >= 11 is 0. The van der Waals surface area contributed by atoms with Crippen molar-refractivity contribution in [3.63, 3.8) is 0 Å². The van der Waals surface area contributed by atoms with E-state index in [0.29, 0.717) is 35.9 Å². The van der Waals surface area contributed by atoms with Crippen molar-refractivity contribution >= 4 is 23.4 Å². The van der Waals surface area contributed by atoms with Crippen molar-refractivity contribution in [1.29, 1.82) is 0 Å². The van der Waals surface area contributed by atoms with E-state index in [1.807, 2.05) is 48.5 Å². The number of hydrogen-bond donors (Lipinski definition) is 4. The van der Waals surface area contributed by atoms with Gasteiger partial charge in [-0.25, -0.2) is 9.78 Å². The number of amides is 2. The number of carbonyl (C=O) groups is 1. The predicted octanol–water partition coefficient (Wildman–Crippen LogP) is 3.47. The molecule has 0 unspecified atom stereocenters. The number of aromatic nitrogens is 3. The first-order valence-electron chi connectivity index (χ1n) is 11.2. The van der Waals surface area contributed by atoms with E-state index in [9.17, 15) is 9.59 Å². The number of hydrogen-bond acceptors (Lipinski definition) is 6. The van der Waals surface area contributed by atoms with Gasteiger partial charge in [-0.3, -0.25) is 14.3 Å². The van der Waals surface area contributed by atoms with Gasteiger partial charge in [0, 0.05) is 43.3 Å². The van der Waals surface area contributed by atoms with Gasteiger partial charge in [-0.1, -0.05) is 48.5 Å². The smallest absolute Gasteiger partial charge is 0.323 e. The standard InChI is InChI=1S/C26H27N7O2/c1-33-24(34)23(32-26(35)30-21-10-6-3-7-11-21)22(19-12-14-28-15-13-19)31-25(33)29-17-20(27)16-18-8-4-2-5-9-18/h2-15,20H,16-17,27H2,1H3,(H,29,31)(H2,30,32,35)/t20-/m1/s1. The van der Waals surface area contributed by atoms with E-state index in [-0.39, 0.29) is 11.7 Å². The van der Waals surface area contributed by atoms with Crippen molar-refractivity contribution in [1.82, 2.24) is 14.5 Å². The van der Waals surface area contributed by atoms with Crippen LogP contribution in [0.15, 0.2) is 90.0 Å². The van der Waals surface area contributed by atoms with Crippen molar-refractivity contribution in [2.75, 3.05) is 22.5 Å². The summed E-state index contributed by atoms with van der Waals surface area (Å²) in [5.41, 5.74) is 8.67. The Bertz CT molecular complexity index is 1330. The molecule has 0 aliphatic heterocycles. The molecule has 9 nitrogen and oxygen atoms in total. The number of nitrogens with zero attached hydrogens (tertiary/aromatic N) is 3. The lowest BCUT2D eigenvalue weighted by molar-refractivity contribution is 0.262. The third-order valence-corrected chi connectivity index (χ3v) is 5.38. The second kappa shape index (κ2) is 11.1. The van der Waals surface area contributed by atoms with Crippen molar-refractivity contribution in [3.05, 3.63) is 101 Å². The van der Waals surface area contributed by atoms with Crippen molar-refractivity contribution < 1.29 is 4.79 Å². The fourth-order valence-corrected chi connectivity index (χ4v) is 3.60. The Labute approximate surface area is 203 Å². The number of carbonyl (C=O) groups excluding carboxylic acids is 1. The predicted molar refractivity (Wildman–Crippen MR) is 138 cm³/mol. The van der Waals surface area contributed by atoms with Crippen molar-refractivity contribution in [2.24, 2.45) is 12.8 Å². The highest BCUT2D eigenvalue weighted by Gasteiger charge is 2.19. The molecular formula is C26H27N7O2. The molecule has 2 amide bonds. The molecule has 35 heavy (non-hydrogen) atoms. The molecule has 0 saturated heterocycles. The number of pyridine rings is 1. The molecule has 0 aliphatic carbocycles. The summed E-state index contributed by atoms with van der Waals surface area (Å²) < 4.78 is 1.36. The van der Waals surface area contributed by atoms with E-state index in [1.165, 1.54) is 4.57 Å². The lowest BCUT2D eigenvalue weighted by atomic mass is 10.1. The number of nitrogens with one attached hydrogen (secondary N) is 3. The minimum absolute atomic E-state index is 0.0614. The third kappa shape index (κ3) is 6.10. The maximum atomic E-state index is 13.3. The van der Waals surface area contributed by atoms with Gasteiger partial charge in [-0.2, -0.15) is 0 Å². The Kier molecular flexibility index (Phi) is 7.49. The zero-order valence-electron chi connectivity index (χ0n) is 19.3. The van der Waals surface area contributed by atoms with Gasteiger partial charge in [0.15, 0.2) is 0 Å². The van der Waals surface area contributed by atoms with E-state index in [4.69, 9.17) is 5.73 Å². The van der Waals surface area contributed by atoms with Crippen LogP contribution in [0.3, 0.4) is 0 Å². The van der Waals surface area contributed by atoms with Crippen LogP contribution in [0.4, 0.5) is 22.1 Å². The van der Waals surface area contributed by atoms with Crippen LogP contribution in [0.25, 0.3) is 11.3 Å². The molecule has 0 spiro atoms. The van der Waals surface area contributed by atoms with Gasteiger partial charge >= 0.3 is 6.03 Å². The zero-order valence-corrected chi connectivity index (χ0v) is 19.3. The molecule has 0 radical (unpaired) electrons. The maximum absolute atomic E-state index is 13.3. The van der Waals surface area contributed by atoms with Crippen LogP contribution >= 0.6 is 0 Å². The summed E-state index contributed by atoms with van der Waals surface area (Å²) in [4.78, 5) is 34.7. The molecule has 2 aromatic carbocycles. The number of anilines is 3. The second-order valence-electron chi connectivity index (χ2n) is 8.03. The largest absolute Gasteiger partial charge is 0.354 e.